The van der Waals surface area contributed by atoms with Crippen molar-refractivity contribution in [1.29, 1.82) is 0 Å². The van der Waals surface area contributed by atoms with Crippen molar-refractivity contribution >= 4 is 11.6 Å². The van der Waals surface area contributed by atoms with E-state index in [-0.39, 0.29) is 5.91 Å². The fraction of sp³-hybridized carbons (Fsp3) is 0. The number of anilines is 1. The van der Waals surface area contributed by atoms with Crippen LogP contribution in [0.2, 0.25) is 0 Å². The molecule has 0 bridgehead atoms. The number of carbonyl (C=O) groups is 1. The van der Waals surface area contributed by atoms with Crippen LogP contribution < -0.4 is 10.6 Å². The molecule has 0 atom stereocenters. The average Bonchev–Trinajstić information content (AvgIpc) is 2.38. The van der Waals surface area contributed by atoms with Gasteiger partial charge in [-0.3, -0.25) is 4.79 Å². The van der Waals surface area contributed by atoms with Gasteiger partial charge in [0.1, 0.15) is 5.82 Å². The Morgan fingerprint density at radius 1 is 0.889 bits per heavy atom. The van der Waals surface area contributed by atoms with E-state index in [4.69, 9.17) is 0 Å². The summed E-state index contributed by atoms with van der Waals surface area (Å²) in [6.45, 7) is 3.72. The molecule has 0 unspecified atom stereocenters. The number of fused-ring (bicyclic) bond motifs is 1. The monoisotopic (exact) mass is 236 g/mol. The Morgan fingerprint density at radius 3 is 2.44 bits per heavy atom. The summed E-state index contributed by atoms with van der Waals surface area (Å²) < 4.78 is 0. The fourth-order valence-corrected chi connectivity index (χ4v) is 2.15. The second-order valence-corrected chi connectivity index (χ2v) is 4.15. The lowest BCUT2D eigenvalue weighted by atomic mass is 9.96. The minimum absolute atomic E-state index is 0.117. The molecule has 0 spiro atoms. The van der Waals surface area contributed by atoms with Gasteiger partial charge in [-0.15, -0.1) is 0 Å². The lowest BCUT2D eigenvalue weighted by Gasteiger charge is -2.22. The van der Waals surface area contributed by atoms with E-state index in [9.17, 15) is 4.79 Å². The molecule has 0 fully saturated rings. The molecule has 0 saturated carbocycles. The predicted octanol–water partition coefficient (Wildman–Crippen LogP) is 2.98. The van der Waals surface area contributed by atoms with Gasteiger partial charge in [-0.25, -0.2) is 0 Å². The molecule has 88 valence electrons. The first-order valence-corrected chi connectivity index (χ1v) is 5.71. The summed E-state index contributed by atoms with van der Waals surface area (Å²) in [6.07, 6.45) is 0. The summed E-state index contributed by atoms with van der Waals surface area (Å²) in [5.41, 5.74) is 3.41. The maximum Gasteiger partial charge on any atom is 0.259 e. The third kappa shape index (κ3) is 1.66. The maximum atomic E-state index is 12.1. The number of carbonyl (C=O) groups excluding carboxylic acids is 1. The van der Waals surface area contributed by atoms with E-state index in [0.29, 0.717) is 11.4 Å². The smallest absolute Gasteiger partial charge is 0.259 e. The van der Waals surface area contributed by atoms with Crippen LogP contribution in [-0.2, 0) is 0 Å². The van der Waals surface area contributed by atoms with Gasteiger partial charge >= 0.3 is 0 Å². The van der Waals surface area contributed by atoms with Gasteiger partial charge in [-0.2, -0.15) is 0 Å². The minimum Gasteiger partial charge on any atom is -0.342 e. The first-order valence-electron chi connectivity index (χ1n) is 5.71. The maximum absolute atomic E-state index is 12.1. The fourth-order valence-electron chi connectivity index (χ4n) is 2.15. The Labute approximate surface area is 105 Å². The summed E-state index contributed by atoms with van der Waals surface area (Å²) in [4.78, 5) is 12.1. The highest BCUT2D eigenvalue weighted by atomic mass is 16.2. The van der Waals surface area contributed by atoms with Crippen LogP contribution in [0.5, 0.6) is 0 Å². The van der Waals surface area contributed by atoms with E-state index in [1.807, 2.05) is 48.5 Å². The summed E-state index contributed by atoms with van der Waals surface area (Å²) in [6, 6.07) is 15.6. The van der Waals surface area contributed by atoms with E-state index < -0.39 is 0 Å². The van der Waals surface area contributed by atoms with Crippen LogP contribution in [0.3, 0.4) is 0 Å². The van der Waals surface area contributed by atoms with Crippen molar-refractivity contribution in [1.82, 2.24) is 5.32 Å². The molecule has 2 N–H and O–H groups in total. The molecule has 1 heterocycles. The molecular weight excluding hydrogens is 224 g/mol. The number of amides is 1. The third-order valence-corrected chi connectivity index (χ3v) is 2.93. The zero-order valence-electron chi connectivity index (χ0n) is 9.73. The topological polar surface area (TPSA) is 41.1 Å². The van der Waals surface area contributed by atoms with Crippen molar-refractivity contribution in [2.45, 2.75) is 0 Å². The van der Waals surface area contributed by atoms with Gasteiger partial charge in [0, 0.05) is 0 Å². The molecule has 3 rings (SSSR count). The molecule has 0 radical (unpaired) electrons. The van der Waals surface area contributed by atoms with Crippen molar-refractivity contribution < 1.29 is 4.79 Å². The molecule has 18 heavy (non-hydrogen) atoms. The molecule has 1 aliphatic heterocycles. The van der Waals surface area contributed by atoms with Gasteiger partial charge in [-0.05, 0) is 17.2 Å². The van der Waals surface area contributed by atoms with Gasteiger partial charge in [0.2, 0.25) is 0 Å². The zero-order valence-corrected chi connectivity index (χ0v) is 9.73. The Hall–Kier alpha value is -2.55. The van der Waals surface area contributed by atoms with E-state index in [1.54, 1.807) is 0 Å². The molecule has 1 aliphatic rings. The summed E-state index contributed by atoms with van der Waals surface area (Å²) in [5.74, 6) is 0.394. The van der Waals surface area contributed by atoms with Crippen molar-refractivity contribution in [2.24, 2.45) is 0 Å². The zero-order chi connectivity index (χ0) is 12.5. The molecule has 0 aromatic heterocycles. The molecule has 2 aromatic carbocycles. The summed E-state index contributed by atoms with van der Waals surface area (Å²) in [5, 5.41) is 5.78. The highest BCUT2D eigenvalue weighted by Crippen LogP contribution is 2.31. The van der Waals surface area contributed by atoms with Crippen LogP contribution in [0.4, 0.5) is 5.69 Å². The highest BCUT2D eigenvalue weighted by molar-refractivity contribution is 6.08. The average molecular weight is 236 g/mol. The van der Waals surface area contributed by atoms with E-state index >= 15 is 0 Å². The standard InChI is InChI=1S/C15H12N2O/c1-10-16-13-9-5-8-12(14(13)15(18)17-10)11-6-3-2-4-7-11/h2-9,16H,1H2,(H,17,18). The first-order chi connectivity index (χ1) is 8.75. The Morgan fingerprint density at radius 2 is 1.67 bits per heavy atom. The Balaban J connectivity index is 2.21. The van der Waals surface area contributed by atoms with Gasteiger partial charge < -0.3 is 10.6 Å². The van der Waals surface area contributed by atoms with Crippen LogP contribution in [0.25, 0.3) is 11.1 Å². The lowest BCUT2D eigenvalue weighted by Crippen LogP contribution is -2.32. The lowest BCUT2D eigenvalue weighted by molar-refractivity contribution is 0.0964. The molecule has 0 saturated heterocycles. The summed E-state index contributed by atoms with van der Waals surface area (Å²) >= 11 is 0. The van der Waals surface area contributed by atoms with Crippen molar-refractivity contribution in [3.63, 3.8) is 0 Å². The quantitative estimate of drug-likeness (QED) is 0.799. The van der Waals surface area contributed by atoms with Crippen molar-refractivity contribution in [2.75, 3.05) is 5.32 Å². The Bertz CT molecular complexity index is 632. The number of nitrogens with one attached hydrogen (secondary N) is 2. The molecule has 0 aliphatic carbocycles. The second kappa shape index (κ2) is 4.04. The van der Waals surface area contributed by atoms with E-state index in [2.05, 4.69) is 17.2 Å². The van der Waals surface area contributed by atoms with Gasteiger partial charge in [0.15, 0.2) is 0 Å². The molecular formula is C15H12N2O. The number of rotatable bonds is 1. The van der Waals surface area contributed by atoms with E-state index in [1.165, 1.54) is 0 Å². The van der Waals surface area contributed by atoms with Crippen LogP contribution >= 0.6 is 0 Å². The molecule has 3 heteroatoms. The third-order valence-electron chi connectivity index (χ3n) is 2.93. The SMILES string of the molecule is C=C1NC(=O)c2c(cccc2-c2ccccc2)N1. The van der Waals surface area contributed by atoms with Crippen LogP contribution in [0.15, 0.2) is 60.9 Å². The number of benzene rings is 2. The van der Waals surface area contributed by atoms with Gasteiger partial charge in [-0.1, -0.05) is 49.0 Å². The molecule has 2 aromatic rings. The second-order valence-electron chi connectivity index (χ2n) is 4.15. The van der Waals surface area contributed by atoms with Crippen LogP contribution in [-0.4, -0.2) is 5.91 Å². The minimum atomic E-state index is -0.117. The largest absolute Gasteiger partial charge is 0.342 e. The summed E-state index contributed by atoms with van der Waals surface area (Å²) in [7, 11) is 0. The number of hydrogen-bond acceptors (Lipinski definition) is 2. The predicted molar refractivity (Wildman–Crippen MR) is 72.1 cm³/mol. The van der Waals surface area contributed by atoms with Gasteiger partial charge in [0.25, 0.3) is 5.91 Å². The molecule has 1 amide bonds. The van der Waals surface area contributed by atoms with E-state index in [0.717, 1.165) is 16.8 Å². The first kappa shape index (κ1) is 10.6. The molecule has 3 nitrogen and oxygen atoms in total. The van der Waals surface area contributed by atoms with Gasteiger partial charge in [0.05, 0.1) is 11.3 Å². The normalized spacial score (nSPS) is 13.6. The Kier molecular flexibility index (Phi) is 2.38. The highest BCUT2D eigenvalue weighted by Gasteiger charge is 2.22. The van der Waals surface area contributed by atoms with Crippen molar-refractivity contribution in [3.05, 3.63) is 66.5 Å². The van der Waals surface area contributed by atoms with Crippen LogP contribution in [0, 0.1) is 0 Å². The van der Waals surface area contributed by atoms with Crippen molar-refractivity contribution in [3.8, 4) is 11.1 Å². The number of hydrogen-bond donors (Lipinski definition) is 2. The van der Waals surface area contributed by atoms with Crippen LogP contribution in [0.1, 0.15) is 10.4 Å².